The summed E-state index contributed by atoms with van der Waals surface area (Å²) in [6.45, 7) is 6.31. The first kappa shape index (κ1) is 14.8. The average Bonchev–Trinajstić information content (AvgIpc) is 2.65. The highest BCUT2D eigenvalue weighted by Gasteiger charge is 2.32. The highest BCUT2D eigenvalue weighted by molar-refractivity contribution is 6.30. The molecule has 96 valence electrons. The predicted molar refractivity (Wildman–Crippen MR) is 75.8 cm³/mol. The molecule has 1 fully saturated rings. The Balaban J connectivity index is 0.00000144. The molecule has 2 nitrogen and oxygen atoms in total. The minimum atomic E-state index is 0. The second-order valence-corrected chi connectivity index (χ2v) is 5.54. The fourth-order valence-corrected chi connectivity index (χ4v) is 2.40. The summed E-state index contributed by atoms with van der Waals surface area (Å²) in [5, 5.41) is 0.803. The minimum Gasteiger partial charge on any atom is -0.330 e. The van der Waals surface area contributed by atoms with Crippen LogP contribution in [0, 0.1) is 5.41 Å². The van der Waals surface area contributed by atoms with Crippen molar-refractivity contribution in [2.24, 2.45) is 11.1 Å². The Morgan fingerprint density at radius 1 is 1.35 bits per heavy atom. The molecular formula is C13H20Cl2N2. The van der Waals surface area contributed by atoms with Crippen LogP contribution < -0.4 is 5.73 Å². The number of halogens is 2. The van der Waals surface area contributed by atoms with Gasteiger partial charge in [-0.3, -0.25) is 4.90 Å². The van der Waals surface area contributed by atoms with Gasteiger partial charge in [0.05, 0.1) is 0 Å². The summed E-state index contributed by atoms with van der Waals surface area (Å²) in [4.78, 5) is 2.47. The number of nitrogens with two attached hydrogens (primary N) is 1. The van der Waals surface area contributed by atoms with Gasteiger partial charge in [0.25, 0.3) is 0 Å². The van der Waals surface area contributed by atoms with Crippen molar-refractivity contribution in [3.05, 3.63) is 34.9 Å². The molecule has 1 heterocycles. The quantitative estimate of drug-likeness (QED) is 0.919. The Bertz CT molecular complexity index is 353. The fraction of sp³-hybridized carbons (Fsp3) is 0.538. The van der Waals surface area contributed by atoms with E-state index in [9.17, 15) is 0 Å². The van der Waals surface area contributed by atoms with Crippen LogP contribution in [0.1, 0.15) is 18.9 Å². The van der Waals surface area contributed by atoms with E-state index in [0.29, 0.717) is 5.41 Å². The highest BCUT2D eigenvalue weighted by Crippen LogP contribution is 2.29. The van der Waals surface area contributed by atoms with Gasteiger partial charge in [-0.15, -0.1) is 12.4 Å². The number of rotatable bonds is 3. The Kier molecular flexibility index (Phi) is 5.26. The van der Waals surface area contributed by atoms with Crippen molar-refractivity contribution in [1.82, 2.24) is 4.90 Å². The molecule has 0 spiro atoms. The predicted octanol–water partition coefficient (Wildman–Crippen LogP) is 2.93. The summed E-state index contributed by atoms with van der Waals surface area (Å²) in [7, 11) is 0. The van der Waals surface area contributed by atoms with Gasteiger partial charge in [0, 0.05) is 18.1 Å². The van der Waals surface area contributed by atoms with E-state index in [-0.39, 0.29) is 12.4 Å². The molecule has 0 bridgehead atoms. The number of benzene rings is 1. The minimum absolute atomic E-state index is 0. The number of nitrogens with zero attached hydrogens (tertiary/aromatic N) is 1. The normalized spacial score (nSPS) is 24.6. The fourth-order valence-electron chi connectivity index (χ4n) is 2.28. The molecule has 1 saturated heterocycles. The number of hydrogen-bond donors (Lipinski definition) is 1. The Hall–Kier alpha value is -0.280. The van der Waals surface area contributed by atoms with Gasteiger partial charge < -0.3 is 5.73 Å². The molecule has 4 heteroatoms. The van der Waals surface area contributed by atoms with Crippen molar-refractivity contribution >= 4 is 24.0 Å². The lowest BCUT2D eigenvalue weighted by Crippen LogP contribution is -2.31. The average molecular weight is 275 g/mol. The molecule has 1 unspecified atom stereocenters. The zero-order valence-electron chi connectivity index (χ0n) is 10.2. The van der Waals surface area contributed by atoms with Crippen LogP contribution in [-0.4, -0.2) is 24.5 Å². The summed E-state index contributed by atoms with van der Waals surface area (Å²) in [5.74, 6) is 0. The van der Waals surface area contributed by atoms with E-state index in [1.54, 1.807) is 0 Å². The lowest BCUT2D eigenvalue weighted by Gasteiger charge is -2.22. The molecule has 1 aliphatic heterocycles. The molecular weight excluding hydrogens is 255 g/mol. The molecule has 1 atom stereocenters. The molecule has 0 amide bonds. The smallest absolute Gasteiger partial charge is 0.0406 e. The second-order valence-electron chi connectivity index (χ2n) is 5.10. The highest BCUT2D eigenvalue weighted by atomic mass is 35.5. The Labute approximate surface area is 115 Å². The van der Waals surface area contributed by atoms with Gasteiger partial charge in [-0.2, -0.15) is 0 Å². The summed E-state index contributed by atoms with van der Waals surface area (Å²) in [5.41, 5.74) is 7.44. The van der Waals surface area contributed by atoms with E-state index in [4.69, 9.17) is 17.3 Å². The van der Waals surface area contributed by atoms with Crippen LogP contribution in [0.2, 0.25) is 5.02 Å². The lowest BCUT2D eigenvalue weighted by atomic mass is 9.90. The SMILES string of the molecule is CC1(CN)CCN(Cc2ccc(Cl)cc2)C1.Cl. The van der Waals surface area contributed by atoms with Crippen LogP contribution in [0.25, 0.3) is 0 Å². The number of hydrogen-bond acceptors (Lipinski definition) is 2. The molecule has 1 aromatic rings. The maximum absolute atomic E-state index is 5.87. The van der Waals surface area contributed by atoms with Crippen molar-refractivity contribution < 1.29 is 0 Å². The monoisotopic (exact) mass is 274 g/mol. The number of likely N-dealkylation sites (tertiary alicyclic amines) is 1. The van der Waals surface area contributed by atoms with Gasteiger partial charge in [-0.05, 0) is 42.6 Å². The van der Waals surface area contributed by atoms with Crippen LogP contribution in [0.3, 0.4) is 0 Å². The maximum Gasteiger partial charge on any atom is 0.0406 e. The molecule has 17 heavy (non-hydrogen) atoms. The van der Waals surface area contributed by atoms with Gasteiger partial charge in [-0.1, -0.05) is 30.7 Å². The first-order valence-corrected chi connectivity index (χ1v) is 6.16. The first-order chi connectivity index (χ1) is 7.61. The van der Waals surface area contributed by atoms with E-state index in [1.807, 2.05) is 12.1 Å². The third kappa shape index (κ3) is 3.85. The van der Waals surface area contributed by atoms with Gasteiger partial charge in [0.2, 0.25) is 0 Å². The van der Waals surface area contributed by atoms with Crippen LogP contribution in [0.4, 0.5) is 0 Å². The molecule has 2 N–H and O–H groups in total. The van der Waals surface area contributed by atoms with E-state index >= 15 is 0 Å². The van der Waals surface area contributed by atoms with Gasteiger partial charge in [0.15, 0.2) is 0 Å². The van der Waals surface area contributed by atoms with Crippen LogP contribution >= 0.6 is 24.0 Å². The maximum atomic E-state index is 5.87. The molecule has 0 aromatic heterocycles. The van der Waals surface area contributed by atoms with Crippen LogP contribution in [0.15, 0.2) is 24.3 Å². The summed E-state index contributed by atoms with van der Waals surface area (Å²) in [6.07, 6.45) is 1.21. The van der Waals surface area contributed by atoms with Gasteiger partial charge in [0.1, 0.15) is 0 Å². The van der Waals surface area contributed by atoms with Crippen molar-refractivity contribution in [2.45, 2.75) is 19.9 Å². The van der Waals surface area contributed by atoms with E-state index in [1.165, 1.54) is 12.0 Å². The molecule has 0 aliphatic carbocycles. The summed E-state index contributed by atoms with van der Waals surface area (Å²) >= 11 is 5.87. The van der Waals surface area contributed by atoms with E-state index < -0.39 is 0 Å². The second kappa shape index (κ2) is 6.05. The Morgan fingerprint density at radius 2 is 2.00 bits per heavy atom. The van der Waals surface area contributed by atoms with E-state index in [0.717, 1.165) is 31.2 Å². The van der Waals surface area contributed by atoms with Crippen molar-refractivity contribution in [1.29, 1.82) is 0 Å². The molecule has 1 aliphatic rings. The topological polar surface area (TPSA) is 29.3 Å². The summed E-state index contributed by atoms with van der Waals surface area (Å²) in [6, 6.07) is 8.10. The largest absolute Gasteiger partial charge is 0.330 e. The third-order valence-electron chi connectivity index (χ3n) is 3.45. The summed E-state index contributed by atoms with van der Waals surface area (Å²) < 4.78 is 0. The molecule has 2 rings (SSSR count). The molecule has 1 aromatic carbocycles. The van der Waals surface area contributed by atoms with Gasteiger partial charge >= 0.3 is 0 Å². The van der Waals surface area contributed by atoms with Crippen molar-refractivity contribution in [2.75, 3.05) is 19.6 Å². The van der Waals surface area contributed by atoms with Crippen molar-refractivity contribution in [3.63, 3.8) is 0 Å². The van der Waals surface area contributed by atoms with Crippen LogP contribution in [0.5, 0.6) is 0 Å². The van der Waals surface area contributed by atoms with Gasteiger partial charge in [-0.25, -0.2) is 0 Å². The Morgan fingerprint density at radius 3 is 2.53 bits per heavy atom. The standard InChI is InChI=1S/C13H19ClN2.ClH/c1-13(9-15)6-7-16(10-13)8-11-2-4-12(14)5-3-11;/h2-5H,6-10,15H2,1H3;1H. The van der Waals surface area contributed by atoms with E-state index in [2.05, 4.69) is 24.0 Å². The zero-order valence-corrected chi connectivity index (χ0v) is 11.7. The van der Waals surface area contributed by atoms with Crippen molar-refractivity contribution in [3.8, 4) is 0 Å². The molecule has 0 radical (unpaired) electrons. The third-order valence-corrected chi connectivity index (χ3v) is 3.70. The molecule has 0 saturated carbocycles. The van der Waals surface area contributed by atoms with Crippen LogP contribution in [-0.2, 0) is 6.54 Å². The lowest BCUT2D eigenvalue weighted by molar-refractivity contribution is 0.274. The first-order valence-electron chi connectivity index (χ1n) is 5.78. The zero-order chi connectivity index (χ0) is 11.6.